The first-order valence-corrected chi connectivity index (χ1v) is 3.87. The maximum Gasteiger partial charge on any atom is 0.0195 e. The van der Waals surface area contributed by atoms with Crippen LogP contribution in [0.15, 0.2) is 0 Å². The van der Waals surface area contributed by atoms with Gasteiger partial charge in [-0.1, -0.05) is 0 Å². The van der Waals surface area contributed by atoms with E-state index in [4.69, 9.17) is 0 Å². The molecule has 4 heteroatoms. The SMILES string of the molecule is C1CNC2(CCN1)CC2.Cl.Cl. The van der Waals surface area contributed by atoms with Crippen LogP contribution in [0.25, 0.3) is 0 Å². The molecule has 0 radical (unpaired) electrons. The molecule has 1 spiro atoms. The van der Waals surface area contributed by atoms with Crippen LogP contribution >= 0.6 is 24.8 Å². The van der Waals surface area contributed by atoms with E-state index in [-0.39, 0.29) is 24.8 Å². The van der Waals surface area contributed by atoms with Crippen LogP contribution in [0.2, 0.25) is 0 Å². The van der Waals surface area contributed by atoms with E-state index in [1.807, 2.05) is 0 Å². The Morgan fingerprint density at radius 1 is 0.818 bits per heavy atom. The highest BCUT2D eigenvalue weighted by atomic mass is 35.5. The minimum atomic E-state index is 0. The first kappa shape index (κ1) is 11.5. The van der Waals surface area contributed by atoms with Crippen LogP contribution in [0, 0.1) is 0 Å². The molecule has 0 aromatic heterocycles. The average molecular weight is 199 g/mol. The number of rotatable bonds is 0. The molecule has 0 unspecified atom stereocenters. The Morgan fingerprint density at radius 2 is 1.55 bits per heavy atom. The molecule has 2 fully saturated rings. The van der Waals surface area contributed by atoms with E-state index in [1.165, 1.54) is 32.4 Å². The fraction of sp³-hybridized carbons (Fsp3) is 1.00. The Bertz CT molecular complexity index is 105. The van der Waals surface area contributed by atoms with E-state index in [9.17, 15) is 0 Å². The number of hydrogen-bond donors (Lipinski definition) is 2. The minimum absolute atomic E-state index is 0. The molecular weight excluding hydrogens is 183 g/mol. The molecule has 2 nitrogen and oxygen atoms in total. The van der Waals surface area contributed by atoms with Crippen LogP contribution in [-0.2, 0) is 0 Å². The summed E-state index contributed by atoms with van der Waals surface area (Å²) in [6.07, 6.45) is 4.16. The van der Waals surface area contributed by atoms with Gasteiger partial charge in [-0.3, -0.25) is 0 Å². The maximum absolute atomic E-state index is 3.57. The summed E-state index contributed by atoms with van der Waals surface area (Å²) in [5.41, 5.74) is 0.601. The van der Waals surface area contributed by atoms with E-state index in [2.05, 4.69) is 10.6 Å². The summed E-state index contributed by atoms with van der Waals surface area (Å²) in [6, 6.07) is 0. The van der Waals surface area contributed by atoms with Crippen molar-refractivity contribution in [3.8, 4) is 0 Å². The van der Waals surface area contributed by atoms with Crippen LogP contribution < -0.4 is 10.6 Å². The fourth-order valence-electron chi connectivity index (χ4n) is 1.53. The van der Waals surface area contributed by atoms with E-state index in [1.54, 1.807) is 0 Å². The summed E-state index contributed by atoms with van der Waals surface area (Å²) in [5, 5.41) is 6.95. The van der Waals surface area contributed by atoms with E-state index >= 15 is 0 Å². The van der Waals surface area contributed by atoms with Gasteiger partial charge in [0, 0.05) is 18.6 Å². The smallest absolute Gasteiger partial charge is 0.0195 e. The van der Waals surface area contributed by atoms with E-state index in [0.717, 1.165) is 6.54 Å². The molecule has 1 aliphatic heterocycles. The van der Waals surface area contributed by atoms with Crippen molar-refractivity contribution in [3.05, 3.63) is 0 Å². The summed E-state index contributed by atoms with van der Waals surface area (Å²) in [4.78, 5) is 0. The van der Waals surface area contributed by atoms with Gasteiger partial charge >= 0.3 is 0 Å². The summed E-state index contributed by atoms with van der Waals surface area (Å²) in [5.74, 6) is 0. The summed E-state index contributed by atoms with van der Waals surface area (Å²) >= 11 is 0. The van der Waals surface area contributed by atoms with Crippen molar-refractivity contribution in [3.63, 3.8) is 0 Å². The second-order valence-electron chi connectivity index (χ2n) is 3.21. The summed E-state index contributed by atoms with van der Waals surface area (Å²) < 4.78 is 0. The molecule has 0 atom stereocenters. The quantitative estimate of drug-likeness (QED) is 0.606. The molecule has 2 aliphatic rings. The van der Waals surface area contributed by atoms with Gasteiger partial charge in [0.25, 0.3) is 0 Å². The molecular formula is C7H16Cl2N2. The lowest BCUT2D eigenvalue weighted by molar-refractivity contribution is 0.509. The predicted molar refractivity (Wildman–Crippen MR) is 52.0 cm³/mol. The van der Waals surface area contributed by atoms with Crippen molar-refractivity contribution in [2.75, 3.05) is 19.6 Å². The molecule has 1 saturated heterocycles. The standard InChI is InChI=1S/C7H14N2.2ClH/c1-2-7(1)3-4-8-5-6-9-7;;/h8-9H,1-6H2;2*1H. The minimum Gasteiger partial charge on any atom is -0.315 e. The average Bonchev–Trinajstić information content (AvgIpc) is 2.64. The molecule has 0 aromatic carbocycles. The van der Waals surface area contributed by atoms with Gasteiger partial charge in [0.1, 0.15) is 0 Å². The van der Waals surface area contributed by atoms with Gasteiger partial charge < -0.3 is 10.6 Å². The Morgan fingerprint density at radius 3 is 2.18 bits per heavy atom. The third kappa shape index (κ3) is 2.79. The van der Waals surface area contributed by atoms with Gasteiger partial charge in [-0.05, 0) is 25.8 Å². The van der Waals surface area contributed by atoms with Crippen LogP contribution in [0.1, 0.15) is 19.3 Å². The van der Waals surface area contributed by atoms with Gasteiger partial charge in [-0.25, -0.2) is 0 Å². The highest BCUT2D eigenvalue weighted by Crippen LogP contribution is 2.38. The zero-order valence-electron chi connectivity index (χ0n) is 6.56. The zero-order chi connectivity index (χ0) is 6.16. The Kier molecular flexibility index (Phi) is 4.71. The molecule has 0 aromatic rings. The van der Waals surface area contributed by atoms with Crippen molar-refractivity contribution < 1.29 is 0 Å². The Balaban J connectivity index is 0.000000500. The largest absolute Gasteiger partial charge is 0.315 e. The summed E-state index contributed by atoms with van der Waals surface area (Å²) in [6.45, 7) is 3.54. The van der Waals surface area contributed by atoms with Crippen molar-refractivity contribution in [1.82, 2.24) is 10.6 Å². The molecule has 1 aliphatic carbocycles. The Hall–Kier alpha value is 0.500. The fourth-order valence-corrected chi connectivity index (χ4v) is 1.53. The van der Waals surface area contributed by atoms with Gasteiger partial charge in [0.15, 0.2) is 0 Å². The van der Waals surface area contributed by atoms with Crippen LogP contribution in [0.4, 0.5) is 0 Å². The van der Waals surface area contributed by atoms with Crippen molar-refractivity contribution in [2.45, 2.75) is 24.8 Å². The molecule has 1 heterocycles. The molecule has 2 rings (SSSR count). The molecule has 11 heavy (non-hydrogen) atoms. The molecule has 0 bridgehead atoms. The monoisotopic (exact) mass is 198 g/mol. The lowest BCUT2D eigenvalue weighted by Crippen LogP contribution is -2.31. The maximum atomic E-state index is 3.57. The highest BCUT2D eigenvalue weighted by Gasteiger charge is 2.41. The lowest BCUT2D eigenvalue weighted by atomic mass is 10.2. The third-order valence-corrected chi connectivity index (χ3v) is 2.44. The molecule has 68 valence electrons. The second kappa shape index (κ2) is 4.51. The highest BCUT2D eigenvalue weighted by molar-refractivity contribution is 5.85. The van der Waals surface area contributed by atoms with E-state index in [0.29, 0.717) is 5.54 Å². The van der Waals surface area contributed by atoms with Crippen molar-refractivity contribution in [2.24, 2.45) is 0 Å². The van der Waals surface area contributed by atoms with Crippen molar-refractivity contribution in [1.29, 1.82) is 0 Å². The number of halogens is 2. The molecule has 1 saturated carbocycles. The van der Waals surface area contributed by atoms with Gasteiger partial charge in [-0.15, -0.1) is 24.8 Å². The number of hydrogen-bond acceptors (Lipinski definition) is 2. The second-order valence-corrected chi connectivity index (χ2v) is 3.21. The topological polar surface area (TPSA) is 24.1 Å². The first-order valence-electron chi connectivity index (χ1n) is 3.87. The van der Waals surface area contributed by atoms with E-state index < -0.39 is 0 Å². The third-order valence-electron chi connectivity index (χ3n) is 2.44. The van der Waals surface area contributed by atoms with Crippen LogP contribution in [0.3, 0.4) is 0 Å². The lowest BCUT2D eigenvalue weighted by Gasteiger charge is -2.10. The van der Waals surface area contributed by atoms with Crippen LogP contribution in [0.5, 0.6) is 0 Å². The van der Waals surface area contributed by atoms with Gasteiger partial charge in [0.2, 0.25) is 0 Å². The molecule has 0 amide bonds. The van der Waals surface area contributed by atoms with Crippen molar-refractivity contribution >= 4 is 24.8 Å². The van der Waals surface area contributed by atoms with Crippen LogP contribution in [-0.4, -0.2) is 25.2 Å². The van der Waals surface area contributed by atoms with Gasteiger partial charge in [0.05, 0.1) is 0 Å². The predicted octanol–water partition coefficient (Wildman–Crippen LogP) is 0.945. The molecule has 2 N–H and O–H groups in total. The first-order chi connectivity index (χ1) is 4.41. The number of nitrogens with one attached hydrogen (secondary N) is 2. The summed E-state index contributed by atoms with van der Waals surface area (Å²) in [7, 11) is 0. The zero-order valence-corrected chi connectivity index (χ0v) is 8.19. The normalized spacial score (nSPS) is 26.2. The van der Waals surface area contributed by atoms with Gasteiger partial charge in [-0.2, -0.15) is 0 Å². The Labute approximate surface area is 80.3 Å².